The average Bonchev–Trinajstić information content (AvgIpc) is 3.44. The number of amides is 1. The number of carbonyl (C=O) groups excluding carboxylic acids is 2. The number of Topliss-reactive ketones (excluding diaryl/α,β-unsaturated/α-hetero) is 1. The molecule has 1 aromatic heterocycles. The molecule has 0 bridgehead atoms. The maximum atomic E-state index is 13.5. The molecule has 0 saturated carbocycles. The van der Waals surface area contributed by atoms with Gasteiger partial charge in [-0.2, -0.15) is 5.10 Å². The highest BCUT2D eigenvalue weighted by Crippen LogP contribution is 2.46. The average molecular weight is 535 g/mol. The van der Waals surface area contributed by atoms with Crippen molar-refractivity contribution in [2.75, 3.05) is 48.5 Å². The van der Waals surface area contributed by atoms with Crippen LogP contribution in [0.15, 0.2) is 54.2 Å². The van der Waals surface area contributed by atoms with E-state index in [1.54, 1.807) is 23.7 Å². The Bertz CT molecular complexity index is 1400. The van der Waals surface area contributed by atoms with Crippen LogP contribution >= 0.6 is 0 Å². The van der Waals surface area contributed by atoms with E-state index in [4.69, 9.17) is 14.2 Å². The zero-order valence-electron chi connectivity index (χ0n) is 23.1. The first kappa shape index (κ1) is 27.7. The van der Waals surface area contributed by atoms with Gasteiger partial charge in [-0.25, -0.2) is 4.68 Å². The highest BCUT2D eigenvalue weighted by molar-refractivity contribution is 6.46. The number of rotatable bonds is 10. The maximum absolute atomic E-state index is 13.5. The van der Waals surface area contributed by atoms with Crippen LogP contribution in [-0.2, 0) is 9.59 Å². The topological polar surface area (TPSA) is 106 Å². The summed E-state index contributed by atoms with van der Waals surface area (Å²) in [7, 11) is 8.39. The number of ether oxygens (including phenoxy) is 3. The molecule has 0 aliphatic carbocycles. The summed E-state index contributed by atoms with van der Waals surface area (Å²) >= 11 is 0. The van der Waals surface area contributed by atoms with E-state index in [0.717, 1.165) is 5.69 Å². The Labute approximate surface area is 228 Å². The van der Waals surface area contributed by atoms with Crippen molar-refractivity contribution in [2.45, 2.75) is 19.4 Å². The second kappa shape index (κ2) is 11.6. The van der Waals surface area contributed by atoms with Crippen molar-refractivity contribution in [2.24, 2.45) is 0 Å². The van der Waals surface area contributed by atoms with Crippen LogP contribution < -0.4 is 14.2 Å². The molecule has 1 atom stereocenters. The predicted octanol–water partition coefficient (Wildman–Crippen LogP) is 3.58. The van der Waals surface area contributed by atoms with Crippen molar-refractivity contribution >= 4 is 17.4 Å². The predicted molar refractivity (Wildman–Crippen MR) is 147 cm³/mol. The second-order valence-electron chi connectivity index (χ2n) is 9.49. The lowest BCUT2D eigenvalue weighted by Gasteiger charge is -2.27. The van der Waals surface area contributed by atoms with Crippen molar-refractivity contribution in [3.8, 4) is 22.9 Å². The van der Waals surface area contributed by atoms with E-state index in [2.05, 4.69) is 5.10 Å². The number of hydrogen-bond acceptors (Lipinski definition) is 8. The van der Waals surface area contributed by atoms with Crippen molar-refractivity contribution < 1.29 is 28.9 Å². The number of ketones is 1. The van der Waals surface area contributed by atoms with Crippen LogP contribution in [-0.4, -0.2) is 84.9 Å². The first-order chi connectivity index (χ1) is 18.7. The normalized spacial score (nSPS) is 16.7. The van der Waals surface area contributed by atoms with Crippen LogP contribution in [0.5, 0.6) is 17.2 Å². The van der Waals surface area contributed by atoms with Crippen LogP contribution in [0.25, 0.3) is 11.4 Å². The minimum absolute atomic E-state index is 0.0360. The Kier molecular flexibility index (Phi) is 8.25. The number of aromatic nitrogens is 2. The molecule has 10 nitrogen and oxygen atoms in total. The summed E-state index contributed by atoms with van der Waals surface area (Å²) in [6.45, 7) is 2.81. The number of carbonyl (C=O) groups is 2. The van der Waals surface area contributed by atoms with Gasteiger partial charge >= 0.3 is 0 Å². The molecular weight excluding hydrogens is 500 g/mol. The fourth-order valence-electron chi connectivity index (χ4n) is 4.87. The Morgan fingerprint density at radius 3 is 2.26 bits per heavy atom. The van der Waals surface area contributed by atoms with E-state index in [1.165, 1.54) is 32.4 Å². The summed E-state index contributed by atoms with van der Waals surface area (Å²) in [4.78, 5) is 30.4. The van der Waals surface area contributed by atoms with E-state index in [0.29, 0.717) is 53.6 Å². The third-order valence-electron chi connectivity index (χ3n) is 6.84. The molecule has 0 unspecified atom stereocenters. The maximum Gasteiger partial charge on any atom is 0.295 e. The standard InChI is InChI=1S/C29H34N4O6/c1-18-21(17-30-33(18)19-11-8-7-9-12-19)27(34)25-26(32(29(36)28(25)35)14-10-13-31(2)3)20-15-23(38-5)24(39-6)16-22(20)37-4/h7-9,11-12,15-17,26,34H,10,13-14H2,1-6H3/t26-/m1/s1. The summed E-state index contributed by atoms with van der Waals surface area (Å²) < 4.78 is 18.3. The largest absolute Gasteiger partial charge is 0.507 e. The lowest BCUT2D eigenvalue weighted by atomic mass is 9.94. The molecule has 10 heteroatoms. The van der Waals surface area contributed by atoms with Crippen LogP contribution in [0.3, 0.4) is 0 Å². The molecule has 206 valence electrons. The van der Waals surface area contributed by atoms with Gasteiger partial charge in [0.15, 0.2) is 11.5 Å². The van der Waals surface area contributed by atoms with Gasteiger partial charge in [-0.1, -0.05) is 18.2 Å². The number of methoxy groups -OCH3 is 3. The van der Waals surface area contributed by atoms with Gasteiger partial charge in [-0.15, -0.1) is 0 Å². The van der Waals surface area contributed by atoms with Crippen molar-refractivity contribution in [3.63, 3.8) is 0 Å². The van der Waals surface area contributed by atoms with Gasteiger partial charge in [-0.3, -0.25) is 9.59 Å². The van der Waals surface area contributed by atoms with Crippen molar-refractivity contribution in [3.05, 3.63) is 71.1 Å². The van der Waals surface area contributed by atoms with Crippen molar-refractivity contribution in [1.82, 2.24) is 19.6 Å². The highest BCUT2D eigenvalue weighted by atomic mass is 16.5. The van der Waals surface area contributed by atoms with Gasteiger partial charge in [0.05, 0.1) is 56.1 Å². The SMILES string of the molecule is COc1cc(OC)c([C@@H]2C(=C(O)c3cnn(-c4ccccc4)c3C)C(=O)C(=O)N2CCCN(C)C)cc1OC. The molecule has 2 heterocycles. The molecule has 1 amide bonds. The molecule has 0 radical (unpaired) electrons. The lowest BCUT2D eigenvalue weighted by molar-refractivity contribution is -0.140. The van der Waals surface area contributed by atoms with Crippen LogP contribution in [0, 0.1) is 6.92 Å². The molecule has 1 fully saturated rings. The van der Waals surface area contributed by atoms with Gasteiger partial charge in [0.1, 0.15) is 11.5 Å². The number of aliphatic hydroxyl groups is 1. The van der Waals surface area contributed by atoms with E-state index in [-0.39, 0.29) is 11.3 Å². The molecule has 3 aromatic rings. The Morgan fingerprint density at radius 1 is 1.00 bits per heavy atom. The van der Waals surface area contributed by atoms with Gasteiger partial charge in [0, 0.05) is 18.2 Å². The summed E-state index contributed by atoms with van der Waals surface area (Å²) in [5.41, 5.74) is 2.24. The molecular formula is C29H34N4O6. The highest BCUT2D eigenvalue weighted by Gasteiger charge is 2.47. The summed E-state index contributed by atoms with van der Waals surface area (Å²) in [5.74, 6) is -0.538. The van der Waals surface area contributed by atoms with Gasteiger partial charge in [-0.05, 0) is 52.2 Å². The minimum Gasteiger partial charge on any atom is -0.507 e. The van der Waals surface area contributed by atoms with E-state index in [1.807, 2.05) is 49.3 Å². The van der Waals surface area contributed by atoms with Gasteiger partial charge in [0.25, 0.3) is 11.7 Å². The minimum atomic E-state index is -0.915. The Morgan fingerprint density at radius 2 is 1.64 bits per heavy atom. The van der Waals surface area contributed by atoms with Gasteiger partial charge < -0.3 is 29.1 Å². The third kappa shape index (κ3) is 5.20. The smallest absolute Gasteiger partial charge is 0.295 e. The molecule has 1 saturated heterocycles. The molecule has 0 spiro atoms. The number of benzene rings is 2. The first-order valence-electron chi connectivity index (χ1n) is 12.6. The fraction of sp³-hybridized carbons (Fsp3) is 0.345. The number of para-hydroxylation sites is 1. The van der Waals surface area contributed by atoms with E-state index < -0.39 is 17.7 Å². The molecule has 39 heavy (non-hydrogen) atoms. The number of nitrogens with zero attached hydrogens (tertiary/aromatic N) is 4. The van der Waals surface area contributed by atoms with Crippen LogP contribution in [0.2, 0.25) is 0 Å². The third-order valence-corrected chi connectivity index (χ3v) is 6.84. The monoisotopic (exact) mass is 534 g/mol. The van der Waals surface area contributed by atoms with Gasteiger partial charge in [0.2, 0.25) is 0 Å². The Hall–Kier alpha value is -4.31. The molecule has 1 aliphatic heterocycles. The van der Waals surface area contributed by atoms with E-state index >= 15 is 0 Å². The van der Waals surface area contributed by atoms with Crippen molar-refractivity contribution in [1.29, 1.82) is 0 Å². The quantitative estimate of drug-likeness (QED) is 0.239. The fourth-order valence-corrected chi connectivity index (χ4v) is 4.87. The van der Waals surface area contributed by atoms with E-state index in [9.17, 15) is 14.7 Å². The van der Waals surface area contributed by atoms with Crippen LogP contribution in [0.4, 0.5) is 0 Å². The summed E-state index contributed by atoms with van der Waals surface area (Å²) in [5, 5.41) is 16.1. The molecule has 2 aromatic carbocycles. The first-order valence-corrected chi connectivity index (χ1v) is 12.6. The number of likely N-dealkylation sites (tertiary alicyclic amines) is 1. The number of hydrogen-bond donors (Lipinski definition) is 1. The van der Waals surface area contributed by atoms with Crippen LogP contribution in [0.1, 0.15) is 29.3 Å². The Balaban J connectivity index is 1.91. The zero-order valence-corrected chi connectivity index (χ0v) is 23.1. The lowest BCUT2D eigenvalue weighted by Crippen LogP contribution is -2.32. The summed E-state index contributed by atoms with van der Waals surface area (Å²) in [6.07, 6.45) is 2.12. The zero-order chi connectivity index (χ0) is 28.3. The molecule has 1 N–H and O–H groups in total. The number of aliphatic hydroxyl groups excluding tert-OH is 1. The second-order valence-corrected chi connectivity index (χ2v) is 9.49. The molecule has 1 aliphatic rings. The summed E-state index contributed by atoms with van der Waals surface area (Å²) in [6, 6.07) is 11.9. The molecule has 4 rings (SSSR count).